The zero-order valence-corrected chi connectivity index (χ0v) is 11.7. The number of halogens is 3. The van der Waals surface area contributed by atoms with Gasteiger partial charge in [-0.05, 0) is 46.5 Å². The van der Waals surface area contributed by atoms with Crippen molar-refractivity contribution in [2.45, 2.75) is 19.1 Å². The van der Waals surface area contributed by atoms with Crippen molar-refractivity contribution in [2.24, 2.45) is 0 Å². The van der Waals surface area contributed by atoms with Crippen LogP contribution >= 0.6 is 11.3 Å². The Bertz CT molecular complexity index is 602. The Kier molecular flexibility index (Phi) is 4.62. The van der Waals surface area contributed by atoms with Crippen LogP contribution in [0.4, 0.5) is 13.2 Å². The molecule has 3 nitrogen and oxygen atoms in total. The molecule has 0 saturated carbocycles. The fourth-order valence-corrected chi connectivity index (χ4v) is 2.72. The number of fused-ring (bicyclic) bond motifs is 1. The number of allylic oxidation sites excluding steroid dienone is 2. The number of alkyl halides is 3. The lowest BCUT2D eigenvalue weighted by molar-refractivity contribution is -0.186. The molecule has 112 valence electrons. The lowest BCUT2D eigenvalue weighted by Gasteiger charge is -2.23. The second-order valence-electron chi connectivity index (χ2n) is 4.50. The zero-order chi connectivity index (χ0) is 15.5. The van der Waals surface area contributed by atoms with Crippen LogP contribution in [0.2, 0.25) is 0 Å². The van der Waals surface area contributed by atoms with Gasteiger partial charge in [-0.3, -0.25) is 9.59 Å². The standard InChI is InChI=1S/C14H12F3NO2S/c15-14(16,17)13(20)18-6-2-1-3-12(19)5-4-10-8-21-9-11(10)7-18/h1,3-5,8-9H,2,6-7H2/b3-1-,5-4?. The molecule has 0 unspecified atom stereocenters. The number of thiophene rings is 1. The summed E-state index contributed by atoms with van der Waals surface area (Å²) in [5.74, 6) is -2.09. The van der Waals surface area contributed by atoms with E-state index in [0.717, 1.165) is 4.90 Å². The highest BCUT2D eigenvalue weighted by Crippen LogP contribution is 2.24. The molecule has 7 heteroatoms. The van der Waals surface area contributed by atoms with Gasteiger partial charge < -0.3 is 4.90 Å². The van der Waals surface area contributed by atoms with E-state index in [2.05, 4.69) is 0 Å². The maximum absolute atomic E-state index is 12.6. The first kappa shape index (κ1) is 15.5. The Balaban J connectivity index is 2.32. The number of ketones is 1. The SMILES string of the molecule is O=C1C=Cc2cscc2CN(C(=O)C(F)(F)F)CC/C=C\1. The first-order valence-corrected chi connectivity index (χ1v) is 7.12. The summed E-state index contributed by atoms with van der Waals surface area (Å²) >= 11 is 1.32. The predicted molar refractivity (Wildman–Crippen MR) is 73.6 cm³/mol. The lowest BCUT2D eigenvalue weighted by atomic mass is 10.1. The van der Waals surface area contributed by atoms with Gasteiger partial charge in [0.2, 0.25) is 0 Å². The van der Waals surface area contributed by atoms with Gasteiger partial charge in [0, 0.05) is 13.1 Å². The van der Waals surface area contributed by atoms with Crippen LogP contribution in [-0.2, 0) is 16.1 Å². The van der Waals surface area contributed by atoms with Gasteiger partial charge in [-0.15, -0.1) is 0 Å². The Morgan fingerprint density at radius 1 is 1.19 bits per heavy atom. The van der Waals surface area contributed by atoms with Crippen molar-refractivity contribution in [3.63, 3.8) is 0 Å². The number of carbonyl (C=O) groups excluding carboxylic acids is 2. The van der Waals surface area contributed by atoms with E-state index in [1.54, 1.807) is 16.8 Å². The molecule has 0 atom stereocenters. The lowest BCUT2D eigenvalue weighted by Crippen LogP contribution is -2.41. The summed E-state index contributed by atoms with van der Waals surface area (Å²) in [6, 6.07) is 0. The van der Waals surface area contributed by atoms with Crippen molar-refractivity contribution in [1.29, 1.82) is 0 Å². The highest BCUT2D eigenvalue weighted by atomic mass is 32.1. The highest BCUT2D eigenvalue weighted by molar-refractivity contribution is 7.08. The fraction of sp³-hybridized carbons (Fsp3) is 0.286. The molecule has 0 aliphatic carbocycles. The average Bonchev–Trinajstić information content (AvgIpc) is 2.83. The number of hydrogen-bond donors (Lipinski definition) is 0. The minimum absolute atomic E-state index is 0.0859. The molecule has 1 aromatic heterocycles. The third kappa shape index (κ3) is 4.04. The molecule has 0 spiro atoms. The summed E-state index contributed by atoms with van der Waals surface area (Å²) in [7, 11) is 0. The van der Waals surface area contributed by atoms with Gasteiger partial charge >= 0.3 is 12.1 Å². The summed E-state index contributed by atoms with van der Waals surface area (Å²) in [6.45, 7) is -0.207. The number of rotatable bonds is 0. The third-order valence-electron chi connectivity index (χ3n) is 2.94. The van der Waals surface area contributed by atoms with Crippen LogP contribution in [0, 0.1) is 0 Å². The Labute approximate surface area is 123 Å². The van der Waals surface area contributed by atoms with Crippen LogP contribution in [0.25, 0.3) is 6.08 Å². The van der Waals surface area contributed by atoms with Crippen LogP contribution in [-0.4, -0.2) is 29.3 Å². The largest absolute Gasteiger partial charge is 0.471 e. The van der Waals surface area contributed by atoms with E-state index in [1.165, 1.54) is 29.6 Å². The molecule has 2 rings (SSSR count). The Morgan fingerprint density at radius 3 is 2.67 bits per heavy atom. The van der Waals surface area contributed by atoms with Crippen LogP contribution in [0.3, 0.4) is 0 Å². The highest BCUT2D eigenvalue weighted by Gasteiger charge is 2.42. The van der Waals surface area contributed by atoms with Crippen LogP contribution in [0.1, 0.15) is 17.5 Å². The van der Waals surface area contributed by atoms with Crippen molar-refractivity contribution in [3.8, 4) is 0 Å². The van der Waals surface area contributed by atoms with Crippen LogP contribution in [0.15, 0.2) is 29.0 Å². The summed E-state index contributed by atoms with van der Waals surface area (Å²) in [6.07, 6.45) is 0.988. The molecule has 0 fully saturated rings. The zero-order valence-electron chi connectivity index (χ0n) is 10.9. The molecule has 0 saturated heterocycles. The van der Waals surface area contributed by atoms with Gasteiger partial charge in [-0.1, -0.05) is 6.08 Å². The summed E-state index contributed by atoms with van der Waals surface area (Å²) in [5, 5.41) is 3.42. The molecule has 1 aliphatic rings. The van der Waals surface area contributed by atoms with E-state index in [0.29, 0.717) is 11.1 Å². The van der Waals surface area contributed by atoms with Crippen LogP contribution < -0.4 is 0 Å². The minimum atomic E-state index is -4.90. The van der Waals surface area contributed by atoms with Gasteiger partial charge in [-0.25, -0.2) is 0 Å². The van der Waals surface area contributed by atoms with E-state index < -0.39 is 12.1 Å². The maximum atomic E-state index is 12.6. The van der Waals surface area contributed by atoms with Gasteiger partial charge in [0.05, 0.1) is 0 Å². The smallest absolute Gasteiger partial charge is 0.330 e. The van der Waals surface area contributed by atoms with E-state index in [9.17, 15) is 22.8 Å². The normalized spacial score (nSPS) is 18.0. The predicted octanol–water partition coefficient (Wildman–Crippen LogP) is 3.18. The van der Waals surface area contributed by atoms with E-state index in [1.807, 2.05) is 0 Å². The number of amides is 1. The minimum Gasteiger partial charge on any atom is -0.330 e. The Morgan fingerprint density at radius 2 is 1.95 bits per heavy atom. The van der Waals surface area contributed by atoms with Crippen molar-refractivity contribution in [2.75, 3.05) is 6.54 Å². The number of nitrogens with zero attached hydrogens (tertiary/aromatic N) is 1. The molecule has 0 N–H and O–H groups in total. The molecule has 21 heavy (non-hydrogen) atoms. The molecule has 1 amide bonds. The van der Waals surface area contributed by atoms with Crippen molar-refractivity contribution >= 4 is 29.1 Å². The van der Waals surface area contributed by atoms with E-state index in [-0.39, 0.29) is 25.3 Å². The number of hydrogen-bond acceptors (Lipinski definition) is 3. The van der Waals surface area contributed by atoms with Gasteiger partial charge in [0.1, 0.15) is 0 Å². The summed E-state index contributed by atoms with van der Waals surface area (Å²) < 4.78 is 37.9. The molecule has 0 aromatic carbocycles. The van der Waals surface area contributed by atoms with E-state index in [4.69, 9.17) is 0 Å². The van der Waals surface area contributed by atoms with Crippen molar-refractivity contribution in [3.05, 3.63) is 40.1 Å². The molecule has 2 heterocycles. The summed E-state index contributed by atoms with van der Waals surface area (Å²) in [5.41, 5.74) is 1.26. The fourth-order valence-electron chi connectivity index (χ4n) is 1.90. The van der Waals surface area contributed by atoms with E-state index >= 15 is 0 Å². The first-order valence-electron chi connectivity index (χ1n) is 6.17. The second-order valence-corrected chi connectivity index (χ2v) is 5.25. The molecule has 1 aliphatic heterocycles. The monoisotopic (exact) mass is 315 g/mol. The van der Waals surface area contributed by atoms with Crippen LogP contribution in [0.5, 0.6) is 0 Å². The second kappa shape index (κ2) is 6.26. The van der Waals surface area contributed by atoms with Crippen molar-refractivity contribution in [1.82, 2.24) is 4.90 Å². The van der Waals surface area contributed by atoms with Crippen molar-refractivity contribution < 1.29 is 22.8 Å². The third-order valence-corrected chi connectivity index (χ3v) is 3.75. The maximum Gasteiger partial charge on any atom is 0.471 e. The molecule has 0 bridgehead atoms. The Hall–Kier alpha value is -1.89. The first-order chi connectivity index (χ1) is 9.88. The van der Waals surface area contributed by atoms with Gasteiger partial charge in [0.15, 0.2) is 5.78 Å². The molecular weight excluding hydrogens is 303 g/mol. The average molecular weight is 315 g/mol. The molecule has 1 aromatic rings. The molecular formula is C14H12F3NO2S. The summed E-state index contributed by atoms with van der Waals surface area (Å²) in [4.78, 5) is 23.7. The molecule has 0 radical (unpaired) electrons. The van der Waals surface area contributed by atoms with Gasteiger partial charge in [0.25, 0.3) is 0 Å². The number of carbonyl (C=O) groups is 2. The quantitative estimate of drug-likeness (QED) is 0.737. The topological polar surface area (TPSA) is 37.4 Å². The van der Waals surface area contributed by atoms with Gasteiger partial charge in [-0.2, -0.15) is 24.5 Å².